The van der Waals surface area contributed by atoms with Crippen molar-refractivity contribution in [3.63, 3.8) is 0 Å². The van der Waals surface area contributed by atoms with Gasteiger partial charge < -0.3 is 11.1 Å². The summed E-state index contributed by atoms with van der Waals surface area (Å²) in [6, 6.07) is 13.2. The van der Waals surface area contributed by atoms with Crippen molar-refractivity contribution in [1.82, 2.24) is 0 Å². The number of hydrogen-bond donors (Lipinski definition) is 2. The van der Waals surface area contributed by atoms with Gasteiger partial charge in [-0.1, -0.05) is 35.9 Å². The van der Waals surface area contributed by atoms with E-state index in [2.05, 4.69) is 11.4 Å². The van der Waals surface area contributed by atoms with Crippen LogP contribution in [0.4, 0.5) is 11.4 Å². The number of nitrogens with one attached hydrogen (secondary N) is 1. The Morgan fingerprint density at radius 1 is 1.17 bits per heavy atom. The second-order valence-electron chi connectivity index (χ2n) is 3.79. The molecular formula is C14H12ClN3. The smallest absolute Gasteiger partial charge is 0.102 e. The lowest BCUT2D eigenvalue weighted by Crippen LogP contribution is -2.00. The van der Waals surface area contributed by atoms with Crippen LogP contribution < -0.4 is 11.1 Å². The fourth-order valence-electron chi connectivity index (χ4n) is 1.91. The van der Waals surface area contributed by atoms with Crippen LogP contribution in [0.15, 0.2) is 36.4 Å². The summed E-state index contributed by atoms with van der Waals surface area (Å²) in [5.74, 6) is 0. The van der Waals surface area contributed by atoms with E-state index in [1.165, 1.54) is 0 Å². The monoisotopic (exact) mass is 257 g/mol. The van der Waals surface area contributed by atoms with E-state index >= 15 is 0 Å². The van der Waals surface area contributed by atoms with Crippen LogP contribution in [0.1, 0.15) is 5.56 Å². The molecule has 0 aromatic heterocycles. The number of rotatable bonds is 2. The summed E-state index contributed by atoms with van der Waals surface area (Å²) in [5, 5.41) is 12.9. The van der Waals surface area contributed by atoms with Gasteiger partial charge in [0.1, 0.15) is 6.07 Å². The lowest BCUT2D eigenvalue weighted by atomic mass is 9.98. The molecule has 0 unspecified atom stereocenters. The summed E-state index contributed by atoms with van der Waals surface area (Å²) in [6.45, 7) is 0. The van der Waals surface area contributed by atoms with Crippen LogP contribution in [-0.2, 0) is 0 Å². The first-order valence-electron chi connectivity index (χ1n) is 5.44. The predicted octanol–water partition coefficient (Wildman–Crippen LogP) is 3.50. The molecule has 90 valence electrons. The highest BCUT2D eigenvalue weighted by atomic mass is 35.5. The molecule has 18 heavy (non-hydrogen) atoms. The summed E-state index contributed by atoms with van der Waals surface area (Å²) in [6.07, 6.45) is 0. The molecule has 2 aromatic carbocycles. The Kier molecular flexibility index (Phi) is 3.40. The van der Waals surface area contributed by atoms with E-state index in [9.17, 15) is 5.26 Å². The van der Waals surface area contributed by atoms with Gasteiger partial charge in [0.05, 0.1) is 16.9 Å². The highest BCUT2D eigenvalue weighted by Crippen LogP contribution is 2.35. The van der Waals surface area contributed by atoms with Crippen LogP contribution in [-0.4, -0.2) is 7.05 Å². The van der Waals surface area contributed by atoms with Gasteiger partial charge in [-0.2, -0.15) is 5.26 Å². The predicted molar refractivity (Wildman–Crippen MR) is 75.6 cm³/mol. The summed E-state index contributed by atoms with van der Waals surface area (Å²) in [4.78, 5) is 0. The molecule has 0 spiro atoms. The molecular weight excluding hydrogens is 246 g/mol. The Morgan fingerprint density at radius 3 is 2.50 bits per heavy atom. The highest BCUT2D eigenvalue weighted by molar-refractivity contribution is 6.33. The molecule has 3 nitrogen and oxygen atoms in total. The molecule has 0 aliphatic carbocycles. The average molecular weight is 258 g/mol. The Labute approximate surface area is 111 Å². The Hall–Kier alpha value is -2.18. The van der Waals surface area contributed by atoms with Crippen LogP contribution in [0.25, 0.3) is 11.1 Å². The number of nitriles is 1. The maximum absolute atomic E-state index is 9.32. The Balaban J connectivity index is 2.74. The van der Waals surface area contributed by atoms with Gasteiger partial charge in [0.2, 0.25) is 0 Å². The SMILES string of the molecule is CNc1c(N)ccc(-c2ccccc2Cl)c1C#N. The van der Waals surface area contributed by atoms with Crippen LogP contribution in [0, 0.1) is 11.3 Å². The van der Waals surface area contributed by atoms with Gasteiger partial charge in [-0.15, -0.1) is 0 Å². The number of halogens is 1. The van der Waals surface area contributed by atoms with Crippen molar-refractivity contribution in [2.45, 2.75) is 0 Å². The van der Waals surface area contributed by atoms with Crippen molar-refractivity contribution in [2.75, 3.05) is 18.1 Å². The van der Waals surface area contributed by atoms with Crippen LogP contribution in [0.5, 0.6) is 0 Å². The van der Waals surface area contributed by atoms with Crippen molar-refractivity contribution in [2.24, 2.45) is 0 Å². The van der Waals surface area contributed by atoms with Crippen molar-refractivity contribution in [1.29, 1.82) is 5.26 Å². The molecule has 0 atom stereocenters. The van der Waals surface area contributed by atoms with Crippen molar-refractivity contribution in [3.05, 3.63) is 47.0 Å². The minimum atomic E-state index is 0.505. The third kappa shape index (κ3) is 1.99. The summed E-state index contributed by atoms with van der Waals surface area (Å²) >= 11 is 6.16. The molecule has 0 saturated heterocycles. The molecule has 0 aliphatic heterocycles. The van der Waals surface area contributed by atoms with E-state index in [1.54, 1.807) is 19.2 Å². The fourth-order valence-corrected chi connectivity index (χ4v) is 2.15. The molecule has 0 aliphatic rings. The standard InChI is InChI=1S/C14H12ClN3/c1-18-14-11(8-16)9(6-7-13(14)17)10-4-2-3-5-12(10)15/h2-7,18H,17H2,1H3. The number of hydrogen-bond acceptors (Lipinski definition) is 3. The van der Waals surface area contributed by atoms with E-state index in [1.807, 2.05) is 24.3 Å². The largest absolute Gasteiger partial charge is 0.397 e. The second-order valence-corrected chi connectivity index (χ2v) is 4.20. The lowest BCUT2D eigenvalue weighted by Gasteiger charge is -2.12. The minimum Gasteiger partial charge on any atom is -0.397 e. The van der Waals surface area contributed by atoms with Gasteiger partial charge >= 0.3 is 0 Å². The summed E-state index contributed by atoms with van der Waals surface area (Å²) < 4.78 is 0. The van der Waals surface area contributed by atoms with Gasteiger partial charge in [-0.3, -0.25) is 0 Å². The first kappa shape index (κ1) is 12.3. The molecule has 0 bridgehead atoms. The zero-order chi connectivity index (χ0) is 13.1. The molecule has 0 amide bonds. The first-order chi connectivity index (χ1) is 8.69. The number of nitrogen functional groups attached to an aromatic ring is 1. The molecule has 0 heterocycles. The summed E-state index contributed by atoms with van der Waals surface area (Å²) in [7, 11) is 1.74. The van der Waals surface area contributed by atoms with Gasteiger partial charge in [-0.25, -0.2) is 0 Å². The number of benzene rings is 2. The van der Waals surface area contributed by atoms with Crippen molar-refractivity contribution >= 4 is 23.0 Å². The fraction of sp³-hybridized carbons (Fsp3) is 0.0714. The molecule has 4 heteroatoms. The third-order valence-electron chi connectivity index (χ3n) is 2.76. The normalized spacial score (nSPS) is 9.83. The van der Waals surface area contributed by atoms with E-state index in [-0.39, 0.29) is 0 Å². The zero-order valence-electron chi connectivity index (χ0n) is 9.87. The zero-order valence-corrected chi connectivity index (χ0v) is 10.6. The third-order valence-corrected chi connectivity index (χ3v) is 3.09. The Bertz CT molecular complexity index is 629. The Morgan fingerprint density at radius 2 is 1.89 bits per heavy atom. The van der Waals surface area contributed by atoms with Crippen LogP contribution in [0.2, 0.25) is 5.02 Å². The maximum atomic E-state index is 9.32. The average Bonchev–Trinajstić information content (AvgIpc) is 2.39. The summed E-state index contributed by atoms with van der Waals surface area (Å²) in [5.41, 5.74) is 9.14. The molecule has 2 rings (SSSR count). The number of nitrogens with two attached hydrogens (primary N) is 1. The van der Waals surface area contributed by atoms with E-state index in [4.69, 9.17) is 17.3 Å². The van der Waals surface area contributed by atoms with E-state index < -0.39 is 0 Å². The molecule has 0 saturated carbocycles. The maximum Gasteiger partial charge on any atom is 0.102 e. The van der Waals surface area contributed by atoms with Gasteiger partial charge in [0.25, 0.3) is 0 Å². The molecule has 2 aromatic rings. The van der Waals surface area contributed by atoms with Gasteiger partial charge in [0, 0.05) is 23.2 Å². The quantitative estimate of drug-likeness (QED) is 0.810. The topological polar surface area (TPSA) is 61.8 Å². The van der Waals surface area contributed by atoms with Gasteiger partial charge in [0.15, 0.2) is 0 Å². The first-order valence-corrected chi connectivity index (χ1v) is 5.82. The molecule has 0 radical (unpaired) electrons. The number of anilines is 2. The van der Waals surface area contributed by atoms with Crippen LogP contribution in [0.3, 0.4) is 0 Å². The molecule has 0 fully saturated rings. The van der Waals surface area contributed by atoms with Gasteiger partial charge in [-0.05, 0) is 12.1 Å². The highest BCUT2D eigenvalue weighted by Gasteiger charge is 2.13. The van der Waals surface area contributed by atoms with E-state index in [0.29, 0.717) is 22.0 Å². The second kappa shape index (κ2) is 4.99. The van der Waals surface area contributed by atoms with E-state index in [0.717, 1.165) is 11.1 Å². The van der Waals surface area contributed by atoms with Crippen molar-refractivity contribution < 1.29 is 0 Å². The van der Waals surface area contributed by atoms with Crippen LogP contribution >= 0.6 is 11.6 Å². The molecule has 3 N–H and O–H groups in total. The number of nitrogens with zero attached hydrogens (tertiary/aromatic N) is 1. The minimum absolute atomic E-state index is 0.505. The van der Waals surface area contributed by atoms with Crippen molar-refractivity contribution in [3.8, 4) is 17.2 Å². The lowest BCUT2D eigenvalue weighted by molar-refractivity contribution is 1.44.